The molecule has 1 amide bonds. The molecule has 0 spiro atoms. The van der Waals surface area contributed by atoms with Crippen LogP contribution in [0, 0.1) is 5.92 Å². The second kappa shape index (κ2) is 6.92. The number of nitrogens with zero attached hydrogens (tertiary/aromatic N) is 2. The Kier molecular flexibility index (Phi) is 5.80. The number of amides is 1. The summed E-state index contributed by atoms with van der Waals surface area (Å²) in [4.78, 5) is 26.3. The Labute approximate surface area is 120 Å². The number of rotatable bonds is 5. The van der Waals surface area contributed by atoms with Crippen molar-refractivity contribution >= 4 is 12.1 Å². The number of carboxylic acids is 1. The second-order valence-electron chi connectivity index (χ2n) is 6.30. The third-order valence-corrected chi connectivity index (χ3v) is 3.26. The van der Waals surface area contributed by atoms with Gasteiger partial charge in [0.15, 0.2) is 0 Å². The summed E-state index contributed by atoms with van der Waals surface area (Å²) >= 11 is 0. The summed E-state index contributed by atoms with van der Waals surface area (Å²) in [5.41, 5.74) is -0.478. The van der Waals surface area contributed by atoms with Crippen LogP contribution < -0.4 is 0 Å². The number of carbonyl (C=O) groups excluding carboxylic acids is 1. The second-order valence-corrected chi connectivity index (χ2v) is 6.30. The van der Waals surface area contributed by atoms with Gasteiger partial charge in [0.25, 0.3) is 0 Å². The molecule has 1 rings (SSSR count). The Bertz CT molecular complexity index is 352. The molecule has 1 heterocycles. The minimum absolute atomic E-state index is 0.0550. The van der Waals surface area contributed by atoms with Gasteiger partial charge in [-0.2, -0.15) is 0 Å². The van der Waals surface area contributed by atoms with Crippen LogP contribution in [-0.4, -0.2) is 65.3 Å². The maximum absolute atomic E-state index is 11.9. The van der Waals surface area contributed by atoms with E-state index in [9.17, 15) is 9.59 Å². The summed E-state index contributed by atoms with van der Waals surface area (Å²) in [6.45, 7) is 10.3. The van der Waals surface area contributed by atoms with Gasteiger partial charge in [0, 0.05) is 19.6 Å². The average molecular weight is 286 g/mol. The highest BCUT2D eigenvalue weighted by Crippen LogP contribution is 2.20. The number of aliphatic carboxylic acids is 1. The van der Waals surface area contributed by atoms with Crippen molar-refractivity contribution in [3.63, 3.8) is 0 Å². The predicted molar refractivity (Wildman–Crippen MR) is 75.7 cm³/mol. The van der Waals surface area contributed by atoms with Gasteiger partial charge in [-0.3, -0.25) is 9.69 Å². The lowest BCUT2D eigenvalue weighted by Gasteiger charge is -2.25. The van der Waals surface area contributed by atoms with E-state index in [0.29, 0.717) is 32.1 Å². The molecule has 0 aromatic rings. The van der Waals surface area contributed by atoms with Crippen molar-refractivity contribution in [2.24, 2.45) is 5.92 Å². The molecule has 0 bridgehead atoms. The van der Waals surface area contributed by atoms with Gasteiger partial charge in [-0.1, -0.05) is 6.92 Å². The molecule has 0 radical (unpaired) electrons. The summed E-state index contributed by atoms with van der Waals surface area (Å²) in [5.74, 6) is -0.490. The molecule has 116 valence electrons. The fraction of sp³-hybridized carbons (Fsp3) is 0.857. The first-order valence-corrected chi connectivity index (χ1v) is 7.13. The molecular formula is C14H26N2O4. The number of carbonyl (C=O) groups is 2. The van der Waals surface area contributed by atoms with Crippen LogP contribution in [0.4, 0.5) is 4.79 Å². The molecule has 0 aromatic heterocycles. The van der Waals surface area contributed by atoms with Crippen molar-refractivity contribution in [3.05, 3.63) is 0 Å². The topological polar surface area (TPSA) is 70.1 Å². The molecule has 6 nitrogen and oxygen atoms in total. The van der Waals surface area contributed by atoms with Crippen molar-refractivity contribution < 1.29 is 19.4 Å². The van der Waals surface area contributed by atoms with Crippen LogP contribution in [0.15, 0.2) is 0 Å². The van der Waals surface area contributed by atoms with Crippen molar-refractivity contribution in [2.45, 2.75) is 39.7 Å². The molecule has 0 unspecified atom stereocenters. The first-order valence-electron chi connectivity index (χ1n) is 7.13. The number of ether oxygens (including phenoxy) is 1. The zero-order valence-corrected chi connectivity index (χ0v) is 12.9. The molecule has 0 aliphatic carbocycles. The van der Waals surface area contributed by atoms with E-state index in [1.807, 2.05) is 32.6 Å². The molecule has 1 atom stereocenters. The van der Waals surface area contributed by atoms with Crippen LogP contribution in [0.2, 0.25) is 0 Å². The largest absolute Gasteiger partial charge is 0.480 e. The lowest BCUT2D eigenvalue weighted by Crippen LogP contribution is -2.37. The van der Waals surface area contributed by atoms with E-state index in [2.05, 4.69) is 0 Å². The summed E-state index contributed by atoms with van der Waals surface area (Å²) < 4.78 is 5.35. The van der Waals surface area contributed by atoms with E-state index in [1.165, 1.54) is 0 Å². The van der Waals surface area contributed by atoms with E-state index in [4.69, 9.17) is 9.84 Å². The number of likely N-dealkylation sites (N-methyl/N-ethyl adjacent to an activating group) is 1. The molecular weight excluding hydrogens is 260 g/mol. The monoisotopic (exact) mass is 286 g/mol. The van der Waals surface area contributed by atoms with Gasteiger partial charge in [-0.15, -0.1) is 0 Å². The minimum atomic E-state index is -0.811. The number of hydrogen-bond donors (Lipinski definition) is 1. The third kappa shape index (κ3) is 5.77. The maximum Gasteiger partial charge on any atom is 0.410 e. The Morgan fingerprint density at radius 3 is 2.55 bits per heavy atom. The maximum atomic E-state index is 11.9. The molecule has 1 N–H and O–H groups in total. The smallest absolute Gasteiger partial charge is 0.410 e. The van der Waals surface area contributed by atoms with Crippen LogP contribution in [0.1, 0.15) is 34.1 Å². The number of hydrogen-bond acceptors (Lipinski definition) is 4. The van der Waals surface area contributed by atoms with E-state index >= 15 is 0 Å². The molecule has 1 aliphatic rings. The van der Waals surface area contributed by atoms with E-state index < -0.39 is 11.6 Å². The van der Waals surface area contributed by atoms with E-state index in [1.54, 1.807) is 4.90 Å². The van der Waals surface area contributed by atoms with Crippen LogP contribution in [0.5, 0.6) is 0 Å². The third-order valence-electron chi connectivity index (χ3n) is 3.26. The fourth-order valence-corrected chi connectivity index (χ4v) is 2.34. The first-order chi connectivity index (χ1) is 9.21. The molecule has 1 saturated heterocycles. The highest BCUT2D eigenvalue weighted by Gasteiger charge is 2.30. The highest BCUT2D eigenvalue weighted by atomic mass is 16.6. The Morgan fingerprint density at radius 2 is 2.05 bits per heavy atom. The van der Waals surface area contributed by atoms with Gasteiger partial charge in [0.2, 0.25) is 0 Å². The molecule has 0 saturated carbocycles. The van der Waals surface area contributed by atoms with Crippen molar-refractivity contribution in [2.75, 3.05) is 32.7 Å². The highest BCUT2D eigenvalue weighted by molar-refractivity contribution is 5.69. The summed E-state index contributed by atoms with van der Waals surface area (Å²) in [6.07, 6.45) is 0.622. The van der Waals surface area contributed by atoms with Gasteiger partial charge in [-0.05, 0) is 39.7 Å². The van der Waals surface area contributed by atoms with Crippen LogP contribution in [0.25, 0.3) is 0 Å². The Hall–Kier alpha value is -1.30. The average Bonchev–Trinajstić information content (AvgIpc) is 2.73. The van der Waals surface area contributed by atoms with E-state index in [-0.39, 0.29) is 12.6 Å². The standard InChI is InChI=1S/C14H26N2O4/c1-5-15(10-12(17)18)8-11-6-7-16(9-11)13(19)20-14(2,3)4/h11H,5-10H2,1-4H3,(H,17,18)/t11-/m0/s1. The Balaban J connectivity index is 2.42. The van der Waals surface area contributed by atoms with Crippen molar-refractivity contribution in [1.82, 2.24) is 9.80 Å². The van der Waals surface area contributed by atoms with Gasteiger partial charge in [-0.25, -0.2) is 4.79 Å². The summed E-state index contributed by atoms with van der Waals surface area (Å²) in [5, 5.41) is 8.83. The molecule has 6 heteroatoms. The fourth-order valence-electron chi connectivity index (χ4n) is 2.34. The van der Waals surface area contributed by atoms with Crippen LogP contribution in [0.3, 0.4) is 0 Å². The van der Waals surface area contributed by atoms with Crippen LogP contribution in [-0.2, 0) is 9.53 Å². The van der Waals surface area contributed by atoms with Gasteiger partial charge < -0.3 is 14.7 Å². The summed E-state index contributed by atoms with van der Waals surface area (Å²) in [6, 6.07) is 0. The van der Waals surface area contributed by atoms with Gasteiger partial charge in [0.1, 0.15) is 5.60 Å². The first kappa shape index (κ1) is 16.8. The predicted octanol–water partition coefficient (Wildman–Crippen LogP) is 1.65. The van der Waals surface area contributed by atoms with Crippen molar-refractivity contribution in [3.8, 4) is 0 Å². The zero-order valence-electron chi connectivity index (χ0n) is 12.9. The van der Waals surface area contributed by atoms with Gasteiger partial charge >= 0.3 is 12.1 Å². The van der Waals surface area contributed by atoms with Gasteiger partial charge in [0.05, 0.1) is 6.54 Å². The Morgan fingerprint density at radius 1 is 1.40 bits per heavy atom. The molecule has 1 aliphatic heterocycles. The zero-order chi connectivity index (χ0) is 15.3. The molecule has 20 heavy (non-hydrogen) atoms. The SMILES string of the molecule is CCN(CC(=O)O)C[C@@H]1CCN(C(=O)OC(C)(C)C)C1. The van der Waals surface area contributed by atoms with E-state index in [0.717, 1.165) is 6.42 Å². The normalized spacial score (nSPS) is 19.4. The minimum Gasteiger partial charge on any atom is -0.480 e. The molecule has 1 fully saturated rings. The lowest BCUT2D eigenvalue weighted by molar-refractivity contribution is -0.138. The van der Waals surface area contributed by atoms with Crippen molar-refractivity contribution in [1.29, 1.82) is 0 Å². The lowest BCUT2D eigenvalue weighted by atomic mass is 10.1. The summed E-state index contributed by atoms with van der Waals surface area (Å²) in [7, 11) is 0. The van der Waals surface area contributed by atoms with Crippen LogP contribution >= 0.6 is 0 Å². The molecule has 0 aromatic carbocycles. The quantitative estimate of drug-likeness (QED) is 0.832. The number of carboxylic acid groups (broad SMARTS) is 1. The number of likely N-dealkylation sites (tertiary alicyclic amines) is 1.